The second-order valence-electron chi connectivity index (χ2n) is 5.83. The number of nitrogens with one attached hydrogen (secondary N) is 1. The second-order valence-corrected chi connectivity index (χ2v) is 7.55. The van der Waals surface area contributed by atoms with Gasteiger partial charge < -0.3 is 4.74 Å². The molecular weight excluding hydrogens is 286 g/mol. The van der Waals surface area contributed by atoms with E-state index in [1.807, 2.05) is 27.7 Å². The van der Waals surface area contributed by atoms with Gasteiger partial charge in [0.05, 0.1) is 11.5 Å². The van der Waals surface area contributed by atoms with E-state index in [4.69, 9.17) is 4.74 Å². The molecule has 4 nitrogen and oxygen atoms in total. The lowest BCUT2D eigenvalue weighted by Crippen LogP contribution is -2.30. The lowest BCUT2D eigenvalue weighted by molar-refractivity contribution is 0.305. The largest absolute Gasteiger partial charge is 0.493 e. The first-order valence-electron chi connectivity index (χ1n) is 7.57. The maximum absolute atomic E-state index is 12.2. The van der Waals surface area contributed by atoms with Crippen molar-refractivity contribution in [2.24, 2.45) is 0 Å². The monoisotopic (exact) mass is 313 g/mol. The average Bonchev–Trinajstić information content (AvgIpc) is 2.37. The van der Waals surface area contributed by atoms with Crippen LogP contribution in [0.3, 0.4) is 0 Å². The van der Waals surface area contributed by atoms with Crippen molar-refractivity contribution >= 4 is 10.0 Å². The van der Waals surface area contributed by atoms with Crippen LogP contribution in [0.15, 0.2) is 23.1 Å². The zero-order valence-corrected chi connectivity index (χ0v) is 14.5. The SMILES string of the molecule is CCCCOc1ccc(S(=O)(=O)NC(C)C)cc1C(C)C. The minimum atomic E-state index is -3.46. The summed E-state index contributed by atoms with van der Waals surface area (Å²) in [6.07, 6.45) is 2.06. The van der Waals surface area contributed by atoms with Crippen molar-refractivity contribution in [1.29, 1.82) is 0 Å². The summed E-state index contributed by atoms with van der Waals surface area (Å²) in [5, 5.41) is 0. The van der Waals surface area contributed by atoms with Crippen LogP contribution in [-0.4, -0.2) is 21.1 Å². The number of unbranched alkanes of at least 4 members (excludes halogenated alkanes) is 1. The van der Waals surface area contributed by atoms with Crippen LogP contribution in [0.1, 0.15) is 58.9 Å². The van der Waals surface area contributed by atoms with E-state index in [0.717, 1.165) is 24.2 Å². The van der Waals surface area contributed by atoms with Gasteiger partial charge in [0, 0.05) is 6.04 Å². The fraction of sp³-hybridized carbons (Fsp3) is 0.625. The Kier molecular flexibility index (Phi) is 6.68. The summed E-state index contributed by atoms with van der Waals surface area (Å²) in [4.78, 5) is 0.294. The van der Waals surface area contributed by atoms with Gasteiger partial charge in [0.1, 0.15) is 5.75 Å². The van der Waals surface area contributed by atoms with Crippen molar-refractivity contribution < 1.29 is 13.2 Å². The minimum absolute atomic E-state index is 0.127. The molecule has 0 spiro atoms. The first-order chi connectivity index (χ1) is 9.77. The molecular formula is C16H27NO3S. The lowest BCUT2D eigenvalue weighted by Gasteiger charge is -2.16. The highest BCUT2D eigenvalue weighted by molar-refractivity contribution is 7.89. The van der Waals surface area contributed by atoms with E-state index in [9.17, 15) is 8.42 Å². The van der Waals surface area contributed by atoms with Gasteiger partial charge in [-0.1, -0.05) is 27.2 Å². The van der Waals surface area contributed by atoms with E-state index in [-0.39, 0.29) is 12.0 Å². The highest BCUT2D eigenvalue weighted by Gasteiger charge is 2.18. The van der Waals surface area contributed by atoms with Crippen molar-refractivity contribution in [2.45, 2.75) is 64.3 Å². The Labute approximate surface area is 129 Å². The van der Waals surface area contributed by atoms with E-state index >= 15 is 0 Å². The molecule has 0 aliphatic rings. The Morgan fingerprint density at radius 2 is 1.86 bits per heavy atom. The molecule has 0 heterocycles. The maximum Gasteiger partial charge on any atom is 0.240 e. The molecule has 0 saturated carbocycles. The quantitative estimate of drug-likeness (QED) is 0.745. The molecule has 0 aliphatic carbocycles. The number of ether oxygens (including phenoxy) is 1. The third-order valence-electron chi connectivity index (χ3n) is 3.06. The normalized spacial score (nSPS) is 12.1. The van der Waals surface area contributed by atoms with Gasteiger partial charge in [0.15, 0.2) is 0 Å². The summed E-state index contributed by atoms with van der Waals surface area (Å²) >= 11 is 0. The molecule has 5 heteroatoms. The molecule has 0 bridgehead atoms. The molecule has 120 valence electrons. The summed E-state index contributed by atoms with van der Waals surface area (Å²) in [6, 6.07) is 4.96. The van der Waals surface area contributed by atoms with Gasteiger partial charge in [-0.15, -0.1) is 0 Å². The van der Waals surface area contributed by atoms with Crippen LogP contribution < -0.4 is 9.46 Å². The Balaban J connectivity index is 3.08. The van der Waals surface area contributed by atoms with Crippen LogP contribution in [0.2, 0.25) is 0 Å². The van der Waals surface area contributed by atoms with Gasteiger partial charge in [-0.3, -0.25) is 0 Å². The van der Waals surface area contributed by atoms with E-state index in [1.165, 1.54) is 0 Å². The number of rotatable bonds is 8. The molecule has 0 atom stereocenters. The molecule has 0 unspecified atom stereocenters. The van der Waals surface area contributed by atoms with Crippen LogP contribution in [0.5, 0.6) is 5.75 Å². The molecule has 0 radical (unpaired) electrons. The topological polar surface area (TPSA) is 55.4 Å². The highest BCUT2D eigenvalue weighted by Crippen LogP contribution is 2.29. The van der Waals surface area contributed by atoms with Gasteiger partial charge in [-0.05, 0) is 49.9 Å². The van der Waals surface area contributed by atoms with Crippen LogP contribution in [0.4, 0.5) is 0 Å². The zero-order chi connectivity index (χ0) is 16.0. The molecule has 0 fully saturated rings. The van der Waals surface area contributed by atoms with Crippen LogP contribution in [0, 0.1) is 0 Å². The van der Waals surface area contributed by atoms with Crippen LogP contribution in [0.25, 0.3) is 0 Å². The lowest BCUT2D eigenvalue weighted by atomic mass is 10.0. The highest BCUT2D eigenvalue weighted by atomic mass is 32.2. The standard InChI is InChI=1S/C16H27NO3S/c1-6-7-10-20-16-9-8-14(11-15(16)12(2)3)21(18,19)17-13(4)5/h8-9,11-13,17H,6-7,10H2,1-5H3. The smallest absolute Gasteiger partial charge is 0.240 e. The zero-order valence-electron chi connectivity index (χ0n) is 13.6. The van der Waals surface area contributed by atoms with E-state index in [1.54, 1.807) is 18.2 Å². The van der Waals surface area contributed by atoms with Crippen molar-refractivity contribution in [1.82, 2.24) is 4.72 Å². The van der Waals surface area contributed by atoms with Crippen molar-refractivity contribution in [3.8, 4) is 5.75 Å². The van der Waals surface area contributed by atoms with E-state index in [0.29, 0.717) is 11.5 Å². The number of hydrogen-bond donors (Lipinski definition) is 1. The maximum atomic E-state index is 12.2. The summed E-state index contributed by atoms with van der Waals surface area (Å²) in [5.41, 5.74) is 0.928. The molecule has 1 aromatic carbocycles. The molecule has 1 aromatic rings. The van der Waals surface area contributed by atoms with Gasteiger partial charge in [0.2, 0.25) is 10.0 Å². The first kappa shape index (κ1) is 18.0. The first-order valence-corrected chi connectivity index (χ1v) is 9.05. The predicted molar refractivity (Wildman–Crippen MR) is 86.4 cm³/mol. The molecule has 0 aliphatic heterocycles. The van der Waals surface area contributed by atoms with Gasteiger partial charge >= 0.3 is 0 Å². The molecule has 0 amide bonds. The Morgan fingerprint density at radius 3 is 2.38 bits per heavy atom. The van der Waals surface area contributed by atoms with Gasteiger partial charge in [0.25, 0.3) is 0 Å². The average molecular weight is 313 g/mol. The minimum Gasteiger partial charge on any atom is -0.493 e. The van der Waals surface area contributed by atoms with Crippen LogP contribution in [-0.2, 0) is 10.0 Å². The number of hydrogen-bond acceptors (Lipinski definition) is 3. The Morgan fingerprint density at radius 1 is 1.19 bits per heavy atom. The summed E-state index contributed by atoms with van der Waals surface area (Å²) < 4.78 is 32.9. The van der Waals surface area contributed by atoms with Gasteiger partial charge in [-0.2, -0.15) is 0 Å². The second kappa shape index (κ2) is 7.80. The molecule has 1 rings (SSSR count). The molecule has 1 N–H and O–H groups in total. The fourth-order valence-electron chi connectivity index (χ4n) is 1.98. The van der Waals surface area contributed by atoms with Crippen molar-refractivity contribution in [3.63, 3.8) is 0 Å². The van der Waals surface area contributed by atoms with Crippen LogP contribution >= 0.6 is 0 Å². The molecule has 21 heavy (non-hydrogen) atoms. The van der Waals surface area contributed by atoms with Gasteiger partial charge in [-0.25, -0.2) is 13.1 Å². The van der Waals surface area contributed by atoms with Crippen molar-refractivity contribution in [3.05, 3.63) is 23.8 Å². The number of sulfonamides is 1. The number of benzene rings is 1. The van der Waals surface area contributed by atoms with E-state index < -0.39 is 10.0 Å². The van der Waals surface area contributed by atoms with Crippen molar-refractivity contribution in [2.75, 3.05) is 6.61 Å². The summed E-state index contributed by atoms with van der Waals surface area (Å²) in [7, 11) is -3.46. The Hall–Kier alpha value is -1.07. The Bertz CT molecular complexity index is 551. The third kappa shape index (κ3) is 5.32. The molecule has 0 aromatic heterocycles. The predicted octanol–water partition coefficient (Wildman–Crippen LogP) is 3.68. The third-order valence-corrected chi connectivity index (χ3v) is 4.72. The molecule has 0 saturated heterocycles. The summed E-state index contributed by atoms with van der Waals surface area (Å²) in [5.74, 6) is 0.984. The summed E-state index contributed by atoms with van der Waals surface area (Å²) in [6.45, 7) is 10.5. The van der Waals surface area contributed by atoms with E-state index in [2.05, 4.69) is 11.6 Å². The fourth-order valence-corrected chi connectivity index (χ4v) is 3.27.